The van der Waals surface area contributed by atoms with Crippen LogP contribution >= 0.6 is 11.5 Å². The van der Waals surface area contributed by atoms with E-state index in [4.69, 9.17) is 0 Å². The number of hydrogen-bond acceptors (Lipinski definition) is 3. The maximum absolute atomic E-state index is 10.9. The van der Waals surface area contributed by atoms with E-state index in [1.54, 1.807) is 0 Å². The van der Waals surface area contributed by atoms with Crippen LogP contribution in [0.4, 0.5) is 0 Å². The molecule has 0 amide bonds. The average molecular weight is 154 g/mol. The van der Waals surface area contributed by atoms with Gasteiger partial charge in [-0.2, -0.15) is 0 Å². The molecule has 10 heavy (non-hydrogen) atoms. The molecule has 0 radical (unpaired) electrons. The summed E-state index contributed by atoms with van der Waals surface area (Å²) in [5.41, 5.74) is 0.00319. The molecule has 2 heterocycles. The van der Waals surface area contributed by atoms with Crippen molar-refractivity contribution in [2.75, 3.05) is 6.54 Å². The van der Waals surface area contributed by atoms with Crippen LogP contribution in [0.2, 0.25) is 0 Å². The topological polar surface area (TPSA) is 45.2 Å². The molecule has 0 aliphatic carbocycles. The van der Waals surface area contributed by atoms with Crippen LogP contribution in [-0.2, 0) is 0 Å². The standard InChI is InChI=1S/C6H6N2OS/c9-5-4-2-1-3-7-6(4)10-8-5/h2H,1,3H2,(H,8,9). The number of H-pyrrole nitrogens is 1. The summed E-state index contributed by atoms with van der Waals surface area (Å²) in [5, 5.41) is 0.760. The van der Waals surface area contributed by atoms with E-state index in [0.29, 0.717) is 0 Å². The zero-order valence-corrected chi connectivity index (χ0v) is 6.07. The van der Waals surface area contributed by atoms with Crippen molar-refractivity contribution in [3.05, 3.63) is 20.2 Å². The molecule has 1 aromatic heterocycles. The summed E-state index contributed by atoms with van der Waals surface area (Å²) in [6.45, 7) is 0.820. The fourth-order valence-corrected chi connectivity index (χ4v) is 1.72. The SMILES string of the molecule is O=c1[nH]sc2c1=CCCN=2. The highest BCUT2D eigenvalue weighted by atomic mass is 32.1. The lowest BCUT2D eigenvalue weighted by Gasteiger charge is -1.89. The van der Waals surface area contributed by atoms with Gasteiger partial charge >= 0.3 is 0 Å². The summed E-state index contributed by atoms with van der Waals surface area (Å²) < 4.78 is 3.50. The first-order valence-corrected chi connectivity index (χ1v) is 3.92. The van der Waals surface area contributed by atoms with Gasteiger partial charge in [-0.3, -0.25) is 14.2 Å². The minimum absolute atomic E-state index is 0.00319. The Balaban J connectivity index is 3.02. The highest BCUT2D eigenvalue weighted by Crippen LogP contribution is 1.84. The molecule has 0 aromatic carbocycles. The molecule has 0 atom stereocenters. The molecule has 3 nitrogen and oxygen atoms in total. The van der Waals surface area contributed by atoms with E-state index in [1.807, 2.05) is 6.08 Å². The van der Waals surface area contributed by atoms with Crippen molar-refractivity contribution in [3.63, 3.8) is 0 Å². The third kappa shape index (κ3) is 0.724. The minimum atomic E-state index is 0.00319. The molecule has 1 aliphatic heterocycles. The van der Waals surface area contributed by atoms with E-state index in [2.05, 4.69) is 9.37 Å². The smallest absolute Gasteiger partial charge is 0.267 e. The highest BCUT2D eigenvalue weighted by Gasteiger charge is 1.98. The first kappa shape index (κ1) is 5.85. The molecule has 0 saturated carbocycles. The van der Waals surface area contributed by atoms with Gasteiger partial charge in [-0.1, -0.05) is 6.08 Å². The van der Waals surface area contributed by atoms with E-state index in [9.17, 15) is 4.79 Å². The first-order chi connectivity index (χ1) is 4.88. The summed E-state index contributed by atoms with van der Waals surface area (Å²) in [5.74, 6) is 0. The van der Waals surface area contributed by atoms with Crippen molar-refractivity contribution in [1.29, 1.82) is 0 Å². The maximum atomic E-state index is 10.9. The number of nitrogens with zero attached hydrogens (tertiary/aromatic N) is 1. The maximum Gasteiger partial charge on any atom is 0.267 e. The number of hydrogen-bond donors (Lipinski definition) is 1. The van der Waals surface area contributed by atoms with Gasteiger partial charge in [0.1, 0.15) is 4.67 Å². The quantitative estimate of drug-likeness (QED) is 0.524. The number of rotatable bonds is 0. The van der Waals surface area contributed by atoms with Crippen molar-refractivity contribution in [1.82, 2.24) is 4.37 Å². The lowest BCUT2D eigenvalue weighted by molar-refractivity contribution is 0.975. The van der Waals surface area contributed by atoms with Crippen LogP contribution in [-0.4, -0.2) is 10.9 Å². The van der Waals surface area contributed by atoms with Gasteiger partial charge in [-0.25, -0.2) is 0 Å². The van der Waals surface area contributed by atoms with Crippen LogP contribution < -0.4 is 15.4 Å². The second-order valence-corrected chi connectivity index (χ2v) is 2.92. The Labute approximate surface area is 60.9 Å². The van der Waals surface area contributed by atoms with E-state index >= 15 is 0 Å². The third-order valence-electron chi connectivity index (χ3n) is 1.45. The summed E-state index contributed by atoms with van der Waals surface area (Å²) in [7, 11) is 0. The highest BCUT2D eigenvalue weighted by molar-refractivity contribution is 7.02. The summed E-state index contributed by atoms with van der Waals surface area (Å²) in [6.07, 6.45) is 2.84. The van der Waals surface area contributed by atoms with Crippen LogP contribution in [0.15, 0.2) is 9.79 Å². The normalized spacial score (nSPS) is 15.2. The molecular formula is C6H6N2OS. The zero-order valence-electron chi connectivity index (χ0n) is 5.26. The van der Waals surface area contributed by atoms with Crippen molar-refractivity contribution in [2.24, 2.45) is 4.99 Å². The molecule has 1 aromatic rings. The predicted octanol–water partition coefficient (Wildman–Crippen LogP) is -0.760. The Hall–Kier alpha value is -0.900. The lowest BCUT2D eigenvalue weighted by atomic mass is 10.3. The number of nitrogens with one attached hydrogen (secondary N) is 1. The fourth-order valence-electron chi connectivity index (χ4n) is 0.974. The Morgan fingerprint density at radius 2 is 2.60 bits per heavy atom. The molecular weight excluding hydrogens is 148 g/mol. The van der Waals surface area contributed by atoms with E-state index in [1.165, 1.54) is 11.5 Å². The van der Waals surface area contributed by atoms with Crippen molar-refractivity contribution < 1.29 is 0 Å². The van der Waals surface area contributed by atoms with Crippen molar-refractivity contribution in [3.8, 4) is 0 Å². The molecule has 0 bridgehead atoms. The molecule has 0 unspecified atom stereocenters. The zero-order chi connectivity index (χ0) is 6.97. The molecule has 0 spiro atoms. The molecule has 0 fully saturated rings. The number of aromatic nitrogens is 1. The van der Waals surface area contributed by atoms with Gasteiger partial charge in [-0.15, -0.1) is 0 Å². The molecule has 1 N–H and O–H groups in total. The molecule has 4 heteroatoms. The van der Waals surface area contributed by atoms with Gasteiger partial charge in [0.05, 0.1) is 5.22 Å². The van der Waals surface area contributed by atoms with E-state index < -0.39 is 0 Å². The van der Waals surface area contributed by atoms with Gasteiger partial charge in [-0.05, 0) is 18.0 Å². The van der Waals surface area contributed by atoms with Gasteiger partial charge < -0.3 is 0 Å². The van der Waals surface area contributed by atoms with Crippen LogP contribution in [0.5, 0.6) is 0 Å². The minimum Gasteiger partial charge on any atom is -0.275 e. The Bertz CT molecular complexity index is 400. The molecule has 52 valence electrons. The average Bonchev–Trinajstić information content (AvgIpc) is 2.34. The Morgan fingerprint density at radius 3 is 3.40 bits per heavy atom. The first-order valence-electron chi connectivity index (χ1n) is 3.10. The van der Waals surface area contributed by atoms with Crippen molar-refractivity contribution in [2.45, 2.75) is 6.42 Å². The monoisotopic (exact) mass is 154 g/mol. The summed E-state index contributed by atoms with van der Waals surface area (Å²) in [4.78, 5) is 15.1. The van der Waals surface area contributed by atoms with Gasteiger partial charge in [0.15, 0.2) is 0 Å². The van der Waals surface area contributed by atoms with Crippen molar-refractivity contribution >= 4 is 17.6 Å². The summed E-state index contributed by atoms with van der Waals surface area (Å²) >= 11 is 1.32. The van der Waals surface area contributed by atoms with Crippen LogP contribution in [0.3, 0.4) is 0 Å². The van der Waals surface area contributed by atoms with E-state index in [0.717, 1.165) is 22.9 Å². The second-order valence-electron chi connectivity index (χ2n) is 2.13. The van der Waals surface area contributed by atoms with Gasteiger partial charge in [0.25, 0.3) is 5.56 Å². The predicted molar refractivity (Wildman–Crippen MR) is 39.7 cm³/mol. The lowest BCUT2D eigenvalue weighted by Crippen LogP contribution is -2.34. The molecule has 2 rings (SSSR count). The Kier molecular flexibility index (Phi) is 1.20. The third-order valence-corrected chi connectivity index (χ3v) is 2.28. The van der Waals surface area contributed by atoms with E-state index in [-0.39, 0.29) is 5.56 Å². The fraction of sp³-hybridized carbons (Fsp3) is 0.333. The number of fused-ring (bicyclic) bond motifs is 1. The molecule has 0 saturated heterocycles. The van der Waals surface area contributed by atoms with Crippen LogP contribution in [0.1, 0.15) is 6.42 Å². The largest absolute Gasteiger partial charge is 0.275 e. The van der Waals surface area contributed by atoms with Crippen LogP contribution in [0, 0.1) is 0 Å². The van der Waals surface area contributed by atoms with Gasteiger partial charge in [0.2, 0.25) is 0 Å². The Morgan fingerprint density at radius 1 is 1.70 bits per heavy atom. The summed E-state index contributed by atoms with van der Waals surface area (Å²) in [6, 6.07) is 0. The molecule has 1 aliphatic rings. The second kappa shape index (κ2) is 2.05. The van der Waals surface area contributed by atoms with Gasteiger partial charge in [0, 0.05) is 6.54 Å². The van der Waals surface area contributed by atoms with Crippen LogP contribution in [0.25, 0.3) is 6.08 Å². The number of aromatic amines is 1.